The fourth-order valence-electron chi connectivity index (χ4n) is 3.52. The second-order valence-corrected chi connectivity index (χ2v) is 6.52. The van der Waals surface area contributed by atoms with Crippen LogP contribution in [-0.2, 0) is 11.2 Å². The summed E-state index contributed by atoms with van der Waals surface area (Å²) in [6.45, 7) is 1.22. The van der Waals surface area contributed by atoms with Crippen molar-refractivity contribution in [3.05, 3.63) is 77.9 Å². The number of carbonyl (C=O) groups is 1. The highest BCUT2D eigenvalue weighted by atomic mass is 16.2. The minimum Gasteiger partial charge on any atom is -0.362 e. The van der Waals surface area contributed by atoms with Gasteiger partial charge in [-0.25, -0.2) is 5.43 Å². The lowest BCUT2D eigenvalue weighted by Gasteiger charge is -2.30. The maximum absolute atomic E-state index is 12.3. The van der Waals surface area contributed by atoms with Gasteiger partial charge in [0, 0.05) is 17.8 Å². The van der Waals surface area contributed by atoms with E-state index in [4.69, 9.17) is 0 Å². The summed E-state index contributed by atoms with van der Waals surface area (Å²) in [7, 11) is 0. The van der Waals surface area contributed by atoms with Crippen LogP contribution in [0.3, 0.4) is 0 Å². The molecule has 0 unspecified atom stereocenters. The summed E-state index contributed by atoms with van der Waals surface area (Å²) >= 11 is 0. The van der Waals surface area contributed by atoms with Gasteiger partial charge in [-0.15, -0.1) is 0 Å². The van der Waals surface area contributed by atoms with Crippen LogP contribution in [0.4, 0.5) is 5.69 Å². The number of nitrogens with zero attached hydrogens (tertiary/aromatic N) is 2. The Labute approximate surface area is 153 Å². The molecule has 0 spiro atoms. The summed E-state index contributed by atoms with van der Waals surface area (Å²) in [6.07, 6.45) is 3.86. The molecule has 4 rings (SSSR count). The molecule has 0 atom stereocenters. The van der Waals surface area contributed by atoms with Crippen molar-refractivity contribution in [2.24, 2.45) is 5.10 Å². The monoisotopic (exact) mass is 343 g/mol. The van der Waals surface area contributed by atoms with Gasteiger partial charge in [-0.05, 0) is 35.2 Å². The largest absolute Gasteiger partial charge is 0.362 e. The van der Waals surface area contributed by atoms with Gasteiger partial charge in [-0.3, -0.25) is 4.79 Å². The molecule has 0 bridgehead atoms. The number of fused-ring (bicyclic) bond motifs is 2. The molecule has 0 saturated carbocycles. The molecule has 1 amide bonds. The molecule has 0 aliphatic carbocycles. The number of benzene rings is 3. The lowest BCUT2D eigenvalue weighted by atomic mass is 10.0. The number of hydrazone groups is 1. The van der Waals surface area contributed by atoms with E-state index in [1.54, 1.807) is 6.21 Å². The number of hydrogen-bond acceptors (Lipinski definition) is 3. The zero-order valence-electron chi connectivity index (χ0n) is 14.6. The summed E-state index contributed by atoms with van der Waals surface area (Å²) in [4.78, 5) is 14.4. The van der Waals surface area contributed by atoms with Crippen LogP contribution in [0.1, 0.15) is 17.5 Å². The number of aryl methyl sites for hydroxylation is 1. The highest BCUT2D eigenvalue weighted by Crippen LogP contribution is 2.26. The molecule has 0 radical (unpaired) electrons. The number of hydrogen-bond donors (Lipinski definition) is 1. The molecule has 3 aromatic rings. The first-order valence-electron chi connectivity index (χ1n) is 8.94. The number of para-hydroxylation sites is 1. The highest BCUT2D eigenvalue weighted by molar-refractivity contribution is 6.00. The van der Waals surface area contributed by atoms with Gasteiger partial charge in [0.1, 0.15) is 0 Å². The first-order valence-corrected chi connectivity index (χ1v) is 8.94. The minimum atomic E-state index is -0.0989. The van der Waals surface area contributed by atoms with Crippen molar-refractivity contribution in [1.82, 2.24) is 5.43 Å². The summed E-state index contributed by atoms with van der Waals surface area (Å²) < 4.78 is 0. The van der Waals surface area contributed by atoms with E-state index in [2.05, 4.69) is 51.8 Å². The fourth-order valence-corrected chi connectivity index (χ4v) is 3.52. The van der Waals surface area contributed by atoms with E-state index in [9.17, 15) is 4.79 Å². The van der Waals surface area contributed by atoms with Crippen LogP contribution >= 0.6 is 0 Å². The van der Waals surface area contributed by atoms with Gasteiger partial charge in [0.2, 0.25) is 0 Å². The maximum Gasteiger partial charge on any atom is 0.259 e. The first-order chi connectivity index (χ1) is 12.8. The SMILES string of the molecule is O=C(CN1CCCc2ccccc21)N/N=C\c1cccc2ccccc12. The van der Waals surface area contributed by atoms with Crippen LogP contribution in [0.2, 0.25) is 0 Å². The molecule has 26 heavy (non-hydrogen) atoms. The van der Waals surface area contributed by atoms with Crippen molar-refractivity contribution < 1.29 is 4.79 Å². The van der Waals surface area contributed by atoms with Gasteiger partial charge in [0.15, 0.2) is 0 Å². The predicted octanol–water partition coefficient (Wildman–Crippen LogP) is 3.74. The second kappa shape index (κ2) is 7.40. The van der Waals surface area contributed by atoms with Gasteiger partial charge in [-0.1, -0.05) is 60.7 Å². The molecule has 3 aromatic carbocycles. The third-order valence-corrected chi connectivity index (χ3v) is 4.76. The summed E-state index contributed by atoms with van der Waals surface area (Å²) in [5, 5.41) is 6.44. The van der Waals surface area contributed by atoms with Gasteiger partial charge >= 0.3 is 0 Å². The Morgan fingerprint density at radius 2 is 1.85 bits per heavy atom. The molecule has 1 aliphatic rings. The molecule has 130 valence electrons. The Morgan fingerprint density at radius 3 is 2.81 bits per heavy atom. The zero-order valence-corrected chi connectivity index (χ0v) is 14.6. The van der Waals surface area contributed by atoms with Crippen LogP contribution in [0.15, 0.2) is 71.8 Å². The van der Waals surface area contributed by atoms with Gasteiger partial charge in [0.05, 0.1) is 12.8 Å². The topological polar surface area (TPSA) is 44.7 Å². The molecule has 1 heterocycles. The lowest BCUT2D eigenvalue weighted by molar-refractivity contribution is -0.119. The molecule has 0 aromatic heterocycles. The molecule has 1 aliphatic heterocycles. The van der Waals surface area contributed by atoms with Crippen molar-refractivity contribution in [3.63, 3.8) is 0 Å². The van der Waals surface area contributed by atoms with Gasteiger partial charge in [-0.2, -0.15) is 5.10 Å². The number of rotatable bonds is 4. The smallest absolute Gasteiger partial charge is 0.259 e. The van der Waals surface area contributed by atoms with Crippen molar-refractivity contribution >= 4 is 28.6 Å². The van der Waals surface area contributed by atoms with Crippen molar-refractivity contribution in [1.29, 1.82) is 0 Å². The van der Waals surface area contributed by atoms with Gasteiger partial charge < -0.3 is 4.90 Å². The first kappa shape index (κ1) is 16.3. The molecular weight excluding hydrogens is 322 g/mol. The average Bonchev–Trinajstić information content (AvgIpc) is 2.68. The summed E-state index contributed by atoms with van der Waals surface area (Å²) in [6, 6.07) is 22.5. The molecule has 1 N–H and O–H groups in total. The van der Waals surface area contributed by atoms with Crippen LogP contribution in [-0.4, -0.2) is 25.2 Å². The van der Waals surface area contributed by atoms with Crippen LogP contribution in [0.25, 0.3) is 10.8 Å². The molecular formula is C22H21N3O. The van der Waals surface area contributed by atoms with E-state index in [-0.39, 0.29) is 5.91 Å². The number of nitrogens with one attached hydrogen (secondary N) is 1. The van der Waals surface area contributed by atoms with Crippen LogP contribution in [0.5, 0.6) is 0 Å². The molecule has 4 heteroatoms. The van der Waals surface area contributed by atoms with E-state index in [1.165, 1.54) is 5.56 Å². The normalized spacial score (nSPS) is 13.8. The third kappa shape index (κ3) is 3.45. The predicted molar refractivity (Wildman–Crippen MR) is 107 cm³/mol. The van der Waals surface area contributed by atoms with Crippen molar-refractivity contribution in [2.45, 2.75) is 12.8 Å². The Balaban J connectivity index is 1.42. The summed E-state index contributed by atoms with van der Waals surface area (Å²) in [5.74, 6) is -0.0989. The average molecular weight is 343 g/mol. The highest BCUT2D eigenvalue weighted by Gasteiger charge is 2.18. The van der Waals surface area contributed by atoms with Gasteiger partial charge in [0.25, 0.3) is 5.91 Å². The lowest BCUT2D eigenvalue weighted by Crippen LogP contribution is -2.38. The Morgan fingerprint density at radius 1 is 1.04 bits per heavy atom. The van der Waals surface area contributed by atoms with E-state index < -0.39 is 0 Å². The van der Waals surface area contributed by atoms with Crippen molar-refractivity contribution in [3.8, 4) is 0 Å². The standard InChI is InChI=1S/C22H21N3O/c26-22(16-25-14-6-11-18-8-2-4-13-21(18)25)24-23-15-19-10-5-9-17-7-1-3-12-20(17)19/h1-5,7-10,12-13,15H,6,11,14,16H2,(H,24,26)/b23-15-. The molecule has 4 nitrogen and oxygen atoms in total. The maximum atomic E-state index is 12.3. The number of anilines is 1. The Bertz CT molecular complexity index is 959. The summed E-state index contributed by atoms with van der Waals surface area (Å²) in [5.41, 5.74) is 6.13. The number of amides is 1. The second-order valence-electron chi connectivity index (χ2n) is 6.52. The third-order valence-electron chi connectivity index (χ3n) is 4.76. The Hall–Kier alpha value is -3.14. The minimum absolute atomic E-state index is 0.0989. The number of carbonyl (C=O) groups excluding carboxylic acids is 1. The fraction of sp³-hybridized carbons (Fsp3) is 0.182. The van der Waals surface area contributed by atoms with E-state index in [0.717, 1.165) is 41.4 Å². The quantitative estimate of drug-likeness (QED) is 0.579. The molecule has 0 fully saturated rings. The molecule has 0 saturated heterocycles. The zero-order chi connectivity index (χ0) is 17.8. The van der Waals surface area contributed by atoms with Crippen molar-refractivity contribution in [2.75, 3.05) is 18.0 Å². The van der Waals surface area contributed by atoms with E-state index in [1.807, 2.05) is 30.3 Å². The van der Waals surface area contributed by atoms with Crippen LogP contribution in [0, 0.1) is 0 Å². The van der Waals surface area contributed by atoms with E-state index in [0.29, 0.717) is 6.54 Å². The van der Waals surface area contributed by atoms with E-state index >= 15 is 0 Å². The van der Waals surface area contributed by atoms with Crippen LogP contribution < -0.4 is 10.3 Å². The Kier molecular flexibility index (Phi) is 4.65.